The first-order valence-electron chi connectivity index (χ1n) is 9.86. The number of aromatic nitrogens is 1. The van der Waals surface area contributed by atoms with Crippen molar-refractivity contribution in [2.24, 2.45) is 4.40 Å². The lowest BCUT2D eigenvalue weighted by molar-refractivity contribution is -0.149. The summed E-state index contributed by atoms with van der Waals surface area (Å²) < 4.78 is 36.1. The first-order chi connectivity index (χ1) is 15.0. The topological polar surface area (TPSA) is 104 Å². The first kappa shape index (κ1) is 19.3. The number of nitriles is 1. The monoisotopic (exact) mass is 434 g/mol. The molecule has 8 nitrogen and oxygen atoms in total. The van der Waals surface area contributed by atoms with E-state index in [-0.39, 0.29) is 11.5 Å². The van der Waals surface area contributed by atoms with Crippen LogP contribution in [0.2, 0.25) is 0 Å². The number of sulfonamides is 1. The zero-order valence-electron chi connectivity index (χ0n) is 16.4. The summed E-state index contributed by atoms with van der Waals surface area (Å²) in [7, 11) is -3.77. The van der Waals surface area contributed by atoms with Gasteiger partial charge in [-0.2, -0.15) is 13.7 Å². The summed E-state index contributed by atoms with van der Waals surface area (Å²) >= 11 is 0. The van der Waals surface area contributed by atoms with Crippen LogP contribution in [0.1, 0.15) is 29.5 Å². The Morgan fingerprint density at radius 2 is 2.03 bits per heavy atom. The van der Waals surface area contributed by atoms with Crippen LogP contribution in [0.3, 0.4) is 0 Å². The maximum atomic E-state index is 12.9. The highest BCUT2D eigenvalue weighted by Gasteiger charge is 2.40. The van der Waals surface area contributed by atoms with Crippen LogP contribution in [0.15, 0.2) is 64.2 Å². The summed E-state index contributed by atoms with van der Waals surface area (Å²) in [4.78, 5) is 14.8. The Kier molecular flexibility index (Phi) is 4.52. The van der Waals surface area contributed by atoms with Crippen LogP contribution < -0.4 is 0 Å². The number of hydrogen-bond donors (Lipinski definition) is 0. The van der Waals surface area contributed by atoms with Crippen LogP contribution in [0.5, 0.6) is 0 Å². The minimum absolute atomic E-state index is 0.0326. The molecule has 31 heavy (non-hydrogen) atoms. The van der Waals surface area contributed by atoms with Crippen molar-refractivity contribution in [1.82, 2.24) is 9.30 Å². The molecule has 1 saturated heterocycles. The van der Waals surface area contributed by atoms with Crippen molar-refractivity contribution < 1.29 is 17.9 Å². The van der Waals surface area contributed by atoms with Gasteiger partial charge in [-0.25, -0.2) is 4.79 Å². The fourth-order valence-electron chi connectivity index (χ4n) is 4.22. The van der Waals surface area contributed by atoms with Gasteiger partial charge in [0.25, 0.3) is 10.0 Å². The Balaban J connectivity index is 1.38. The fraction of sp³-hybridized carbons (Fsp3) is 0.227. The summed E-state index contributed by atoms with van der Waals surface area (Å²) in [5.41, 5.74) is 2.35. The standard InChI is InChI=1S/C22H18N4O4S/c23-12-17-15(13-25-10-4-3-7-18(17)25)14-30-22(27)19-8-5-11-26(19)21-16-6-1-2-9-20(16)31(28,29)24-21/h1-4,6-7,9-10,13,19H,5,8,11,14H2/t19-/m1/s1. The van der Waals surface area contributed by atoms with Gasteiger partial charge in [-0.05, 0) is 37.1 Å². The number of amidine groups is 1. The third-order valence-electron chi connectivity index (χ3n) is 5.65. The highest BCUT2D eigenvalue weighted by molar-refractivity contribution is 7.90. The third-order valence-corrected chi connectivity index (χ3v) is 6.98. The second-order valence-electron chi connectivity index (χ2n) is 7.48. The van der Waals surface area contributed by atoms with Gasteiger partial charge in [-0.1, -0.05) is 18.2 Å². The predicted octanol–water partition coefficient (Wildman–Crippen LogP) is 2.47. The molecule has 0 N–H and O–H groups in total. The molecule has 2 aliphatic heterocycles. The van der Waals surface area contributed by atoms with E-state index in [1.165, 1.54) is 6.07 Å². The molecule has 5 rings (SSSR count). The van der Waals surface area contributed by atoms with Crippen molar-refractivity contribution in [2.75, 3.05) is 6.54 Å². The first-order valence-corrected chi connectivity index (χ1v) is 11.3. The van der Waals surface area contributed by atoms with E-state index < -0.39 is 22.0 Å². The van der Waals surface area contributed by atoms with E-state index in [4.69, 9.17) is 4.74 Å². The van der Waals surface area contributed by atoms with Crippen molar-refractivity contribution in [3.63, 3.8) is 0 Å². The quantitative estimate of drug-likeness (QED) is 0.587. The van der Waals surface area contributed by atoms with Crippen molar-refractivity contribution in [2.45, 2.75) is 30.4 Å². The Labute approximate surface area is 179 Å². The SMILES string of the molecule is N#Cc1c(COC(=O)[C@H]2CCCN2C2=NS(=O)(=O)c3ccccc32)cn2ccccc12. The zero-order chi connectivity index (χ0) is 21.6. The lowest BCUT2D eigenvalue weighted by atomic mass is 10.1. The number of pyridine rings is 1. The second-order valence-corrected chi connectivity index (χ2v) is 9.05. The van der Waals surface area contributed by atoms with E-state index in [0.29, 0.717) is 35.5 Å². The van der Waals surface area contributed by atoms with Crippen LogP contribution in [0, 0.1) is 11.3 Å². The van der Waals surface area contributed by atoms with Crippen molar-refractivity contribution in [1.29, 1.82) is 5.26 Å². The van der Waals surface area contributed by atoms with Gasteiger partial charge < -0.3 is 14.0 Å². The Morgan fingerprint density at radius 3 is 2.87 bits per heavy atom. The smallest absolute Gasteiger partial charge is 0.329 e. The third kappa shape index (κ3) is 3.16. The molecule has 1 fully saturated rings. The van der Waals surface area contributed by atoms with E-state index in [1.54, 1.807) is 29.3 Å². The largest absolute Gasteiger partial charge is 0.459 e. The van der Waals surface area contributed by atoms with E-state index in [2.05, 4.69) is 10.5 Å². The number of carbonyl (C=O) groups is 1. The Hall–Kier alpha value is -3.64. The normalized spacial score (nSPS) is 19.1. The van der Waals surface area contributed by atoms with E-state index in [0.717, 1.165) is 11.9 Å². The molecule has 3 aromatic rings. The highest BCUT2D eigenvalue weighted by Crippen LogP contribution is 2.31. The van der Waals surface area contributed by atoms with Gasteiger partial charge in [0.15, 0.2) is 5.84 Å². The van der Waals surface area contributed by atoms with Gasteiger partial charge >= 0.3 is 5.97 Å². The minimum atomic E-state index is -3.77. The summed E-state index contributed by atoms with van der Waals surface area (Å²) in [6, 6.07) is 13.7. The maximum Gasteiger partial charge on any atom is 0.329 e. The molecule has 0 unspecified atom stereocenters. The van der Waals surface area contributed by atoms with Gasteiger partial charge in [0.1, 0.15) is 23.6 Å². The lowest BCUT2D eigenvalue weighted by Gasteiger charge is -2.24. The molecule has 0 radical (unpaired) electrons. The Morgan fingerprint density at radius 1 is 1.23 bits per heavy atom. The lowest BCUT2D eigenvalue weighted by Crippen LogP contribution is -2.41. The molecule has 2 aromatic heterocycles. The number of fused-ring (bicyclic) bond motifs is 2. The molecule has 2 aliphatic rings. The van der Waals surface area contributed by atoms with Gasteiger partial charge in [-0.15, -0.1) is 4.40 Å². The number of ether oxygens (including phenoxy) is 1. The van der Waals surface area contributed by atoms with E-state index in [9.17, 15) is 18.5 Å². The number of nitrogens with zero attached hydrogens (tertiary/aromatic N) is 4. The van der Waals surface area contributed by atoms with Crippen molar-refractivity contribution >= 4 is 27.3 Å². The van der Waals surface area contributed by atoms with E-state index >= 15 is 0 Å². The van der Waals surface area contributed by atoms with Crippen molar-refractivity contribution in [3.8, 4) is 6.07 Å². The van der Waals surface area contributed by atoms with Gasteiger partial charge in [-0.3, -0.25) is 0 Å². The molecule has 0 bridgehead atoms. The van der Waals surface area contributed by atoms with Crippen LogP contribution >= 0.6 is 0 Å². The Bertz CT molecular complexity index is 1380. The van der Waals surface area contributed by atoms with Gasteiger partial charge in [0, 0.05) is 30.1 Å². The predicted molar refractivity (Wildman–Crippen MR) is 112 cm³/mol. The van der Waals surface area contributed by atoms with Gasteiger partial charge in [0.05, 0.1) is 11.1 Å². The average Bonchev–Trinajstić information content (AvgIpc) is 3.46. The number of likely N-dealkylation sites (tertiary alicyclic amines) is 1. The molecular weight excluding hydrogens is 416 g/mol. The number of hydrogen-bond acceptors (Lipinski definition) is 6. The number of carbonyl (C=O) groups excluding carboxylic acids is 1. The number of esters is 1. The summed E-state index contributed by atoms with van der Waals surface area (Å²) in [5.74, 6) is -0.163. The molecule has 0 spiro atoms. The second kappa shape index (κ2) is 7.25. The minimum Gasteiger partial charge on any atom is -0.459 e. The molecule has 0 saturated carbocycles. The molecule has 0 aliphatic carbocycles. The summed E-state index contributed by atoms with van der Waals surface area (Å²) in [5, 5.41) is 9.53. The fourth-order valence-corrected chi connectivity index (χ4v) is 5.44. The van der Waals surface area contributed by atoms with Crippen LogP contribution in [0.4, 0.5) is 0 Å². The van der Waals surface area contributed by atoms with Crippen LogP contribution in [0.25, 0.3) is 5.52 Å². The zero-order valence-corrected chi connectivity index (χ0v) is 17.2. The van der Waals surface area contributed by atoms with Crippen LogP contribution in [-0.4, -0.2) is 42.1 Å². The summed E-state index contributed by atoms with van der Waals surface area (Å²) in [6.07, 6.45) is 4.87. The molecule has 1 atom stereocenters. The van der Waals surface area contributed by atoms with E-state index in [1.807, 2.05) is 28.8 Å². The molecular formula is C22H18N4O4S. The highest BCUT2D eigenvalue weighted by atomic mass is 32.2. The van der Waals surface area contributed by atoms with Crippen molar-refractivity contribution in [3.05, 3.63) is 71.5 Å². The molecule has 1 aromatic carbocycles. The van der Waals surface area contributed by atoms with Gasteiger partial charge in [0.2, 0.25) is 0 Å². The molecule has 0 amide bonds. The average molecular weight is 434 g/mol. The molecule has 4 heterocycles. The maximum absolute atomic E-state index is 12.9. The molecule has 156 valence electrons. The van der Waals surface area contributed by atoms with Crippen LogP contribution in [-0.2, 0) is 26.2 Å². The number of benzene rings is 1. The summed E-state index contributed by atoms with van der Waals surface area (Å²) in [6.45, 7) is 0.483. The molecule has 9 heteroatoms. The number of rotatable bonds is 3.